The molecule has 0 aromatic heterocycles. The maximum absolute atomic E-state index is 13.1. The quantitative estimate of drug-likeness (QED) is 0.334. The third-order valence-corrected chi connectivity index (χ3v) is 5.20. The molecule has 0 fully saturated rings. The predicted octanol–water partition coefficient (Wildman–Crippen LogP) is 6.09. The molecule has 0 atom stereocenters. The van der Waals surface area contributed by atoms with Crippen molar-refractivity contribution >= 4 is 41.0 Å². The van der Waals surface area contributed by atoms with Gasteiger partial charge >= 0.3 is 6.18 Å². The van der Waals surface area contributed by atoms with Crippen LogP contribution < -0.4 is 10.6 Å². The van der Waals surface area contributed by atoms with Gasteiger partial charge in [-0.3, -0.25) is 9.59 Å². The number of thioether (sulfide) groups is 1. The Hall–Kier alpha value is -3.52. The van der Waals surface area contributed by atoms with Crippen molar-refractivity contribution in [1.82, 2.24) is 0 Å². The van der Waals surface area contributed by atoms with E-state index in [1.54, 1.807) is 30.3 Å². The van der Waals surface area contributed by atoms with E-state index in [9.17, 15) is 22.8 Å². The Morgan fingerprint density at radius 2 is 1.59 bits per heavy atom. The van der Waals surface area contributed by atoms with Crippen molar-refractivity contribution in [3.05, 3.63) is 96.1 Å². The fourth-order valence-corrected chi connectivity index (χ4v) is 3.51. The summed E-state index contributed by atoms with van der Waals surface area (Å²) in [6, 6.07) is 21.1. The van der Waals surface area contributed by atoms with Crippen LogP contribution in [0.25, 0.3) is 6.08 Å². The predicted molar refractivity (Wildman–Crippen MR) is 121 cm³/mol. The Labute approximate surface area is 187 Å². The molecule has 0 unspecified atom stereocenters. The van der Waals surface area contributed by atoms with E-state index in [2.05, 4.69) is 10.6 Å². The van der Waals surface area contributed by atoms with E-state index in [1.807, 2.05) is 30.3 Å². The third kappa shape index (κ3) is 7.02. The molecule has 0 aliphatic rings. The van der Waals surface area contributed by atoms with Crippen LogP contribution in [-0.2, 0) is 15.8 Å². The van der Waals surface area contributed by atoms with Crippen LogP contribution in [0.1, 0.15) is 11.1 Å². The highest BCUT2D eigenvalue weighted by Gasteiger charge is 2.33. The first kappa shape index (κ1) is 23.1. The van der Waals surface area contributed by atoms with Crippen molar-refractivity contribution in [3.8, 4) is 0 Å². The monoisotopic (exact) mass is 456 g/mol. The molecule has 4 nitrogen and oxygen atoms in total. The van der Waals surface area contributed by atoms with Gasteiger partial charge in [0.2, 0.25) is 11.8 Å². The fourth-order valence-electron chi connectivity index (χ4n) is 2.76. The largest absolute Gasteiger partial charge is 0.418 e. The highest BCUT2D eigenvalue weighted by molar-refractivity contribution is 8.00. The summed E-state index contributed by atoms with van der Waals surface area (Å²) >= 11 is 1.15. The van der Waals surface area contributed by atoms with E-state index in [0.29, 0.717) is 10.6 Å². The summed E-state index contributed by atoms with van der Waals surface area (Å²) in [4.78, 5) is 25.0. The van der Waals surface area contributed by atoms with Crippen molar-refractivity contribution in [2.75, 3.05) is 16.4 Å². The average molecular weight is 456 g/mol. The molecule has 0 spiro atoms. The number of amides is 2. The summed E-state index contributed by atoms with van der Waals surface area (Å²) in [5.74, 6) is -0.957. The minimum atomic E-state index is -4.56. The molecular formula is C24H19F3N2O2S. The molecule has 2 N–H and O–H groups in total. The molecule has 0 radical (unpaired) electrons. The van der Waals surface area contributed by atoms with Crippen LogP contribution in [0, 0.1) is 0 Å². The number of alkyl halides is 3. The van der Waals surface area contributed by atoms with Gasteiger partial charge in [-0.1, -0.05) is 48.5 Å². The van der Waals surface area contributed by atoms with Crippen molar-refractivity contribution in [2.24, 2.45) is 0 Å². The van der Waals surface area contributed by atoms with Crippen LogP contribution in [0.2, 0.25) is 0 Å². The molecule has 8 heteroatoms. The first-order valence-corrected chi connectivity index (χ1v) is 10.5. The molecule has 3 aromatic rings. The fraction of sp³-hybridized carbons (Fsp3) is 0.0833. The zero-order valence-electron chi connectivity index (χ0n) is 16.7. The van der Waals surface area contributed by atoms with Crippen molar-refractivity contribution in [1.29, 1.82) is 0 Å². The Morgan fingerprint density at radius 3 is 2.34 bits per heavy atom. The Morgan fingerprint density at radius 1 is 0.875 bits per heavy atom. The molecule has 0 aliphatic heterocycles. The van der Waals surface area contributed by atoms with Crippen LogP contribution in [-0.4, -0.2) is 17.6 Å². The maximum Gasteiger partial charge on any atom is 0.418 e. The van der Waals surface area contributed by atoms with E-state index in [-0.39, 0.29) is 17.3 Å². The maximum atomic E-state index is 13.1. The lowest BCUT2D eigenvalue weighted by atomic mass is 10.1. The second-order valence-corrected chi connectivity index (χ2v) is 7.69. The lowest BCUT2D eigenvalue weighted by Crippen LogP contribution is -2.18. The number of carbonyl (C=O) groups is 2. The van der Waals surface area contributed by atoms with E-state index in [0.717, 1.165) is 23.4 Å². The van der Waals surface area contributed by atoms with E-state index in [4.69, 9.17) is 0 Å². The number of benzene rings is 3. The highest BCUT2D eigenvalue weighted by atomic mass is 32.2. The minimum Gasteiger partial charge on any atom is -0.325 e. The molecule has 2 amide bonds. The van der Waals surface area contributed by atoms with Gasteiger partial charge in [-0.05, 0) is 42.0 Å². The third-order valence-electron chi connectivity index (χ3n) is 4.20. The standard InChI is InChI=1S/C24H19F3N2O2S/c25-24(26,27)20-11-4-5-12-21(20)29-23(31)16-32-19-10-6-9-18(15-19)28-22(30)14-13-17-7-2-1-3-8-17/h1-15H,16H2,(H,28,30)(H,29,31)/b14-13+. The minimum absolute atomic E-state index is 0.0858. The Bertz CT molecular complexity index is 1120. The van der Waals surface area contributed by atoms with Crippen LogP contribution in [0.3, 0.4) is 0 Å². The van der Waals surface area contributed by atoms with E-state index in [1.165, 1.54) is 24.3 Å². The number of para-hydroxylation sites is 1. The second kappa shape index (κ2) is 10.7. The van der Waals surface area contributed by atoms with Crippen LogP contribution in [0.4, 0.5) is 24.5 Å². The van der Waals surface area contributed by atoms with Crippen molar-refractivity contribution < 1.29 is 22.8 Å². The van der Waals surface area contributed by atoms with Gasteiger partial charge < -0.3 is 10.6 Å². The molecule has 3 aromatic carbocycles. The highest BCUT2D eigenvalue weighted by Crippen LogP contribution is 2.34. The molecule has 32 heavy (non-hydrogen) atoms. The average Bonchev–Trinajstić information content (AvgIpc) is 2.77. The summed E-state index contributed by atoms with van der Waals surface area (Å²) in [6.07, 6.45) is -1.45. The smallest absolute Gasteiger partial charge is 0.325 e. The summed E-state index contributed by atoms with van der Waals surface area (Å²) in [6.45, 7) is 0. The van der Waals surface area contributed by atoms with Crippen molar-refractivity contribution in [2.45, 2.75) is 11.1 Å². The summed E-state index contributed by atoms with van der Waals surface area (Å²) < 4.78 is 39.2. The topological polar surface area (TPSA) is 58.2 Å². The molecule has 0 heterocycles. The first-order valence-electron chi connectivity index (χ1n) is 9.54. The summed E-state index contributed by atoms with van der Waals surface area (Å²) in [5, 5.41) is 5.05. The summed E-state index contributed by atoms with van der Waals surface area (Å²) in [7, 11) is 0. The number of hydrogen-bond acceptors (Lipinski definition) is 3. The van der Waals surface area contributed by atoms with E-state index >= 15 is 0 Å². The summed E-state index contributed by atoms with van der Waals surface area (Å²) in [5.41, 5.74) is 0.258. The number of rotatable bonds is 7. The van der Waals surface area contributed by atoms with Gasteiger partial charge in [0.05, 0.1) is 17.0 Å². The molecule has 0 bridgehead atoms. The number of anilines is 2. The van der Waals surface area contributed by atoms with Gasteiger partial charge in [-0.15, -0.1) is 11.8 Å². The Balaban J connectivity index is 1.55. The molecule has 0 aliphatic carbocycles. The van der Waals surface area contributed by atoms with Crippen LogP contribution in [0.5, 0.6) is 0 Å². The van der Waals surface area contributed by atoms with Crippen LogP contribution >= 0.6 is 11.8 Å². The number of carbonyl (C=O) groups excluding carboxylic acids is 2. The van der Waals surface area contributed by atoms with Gasteiger partial charge in [-0.2, -0.15) is 13.2 Å². The van der Waals surface area contributed by atoms with Crippen LogP contribution in [0.15, 0.2) is 89.8 Å². The van der Waals surface area contributed by atoms with Gasteiger partial charge in [0.1, 0.15) is 0 Å². The lowest BCUT2D eigenvalue weighted by Gasteiger charge is -2.13. The number of nitrogens with one attached hydrogen (secondary N) is 2. The normalized spacial score (nSPS) is 11.3. The van der Waals surface area contributed by atoms with Gasteiger partial charge in [0.25, 0.3) is 0 Å². The van der Waals surface area contributed by atoms with E-state index < -0.39 is 17.6 Å². The molecule has 0 saturated carbocycles. The van der Waals surface area contributed by atoms with Gasteiger partial charge in [-0.25, -0.2) is 0 Å². The van der Waals surface area contributed by atoms with Gasteiger partial charge in [0, 0.05) is 16.7 Å². The molecule has 3 rings (SSSR count). The first-order chi connectivity index (χ1) is 15.3. The molecule has 164 valence electrons. The Kier molecular flexibility index (Phi) is 7.72. The number of halogens is 3. The van der Waals surface area contributed by atoms with Gasteiger partial charge in [0.15, 0.2) is 0 Å². The molecular weight excluding hydrogens is 437 g/mol. The second-order valence-electron chi connectivity index (χ2n) is 6.64. The SMILES string of the molecule is O=C(/C=C/c1ccccc1)Nc1cccc(SCC(=O)Nc2ccccc2C(F)(F)F)c1. The zero-order valence-corrected chi connectivity index (χ0v) is 17.5. The van der Waals surface area contributed by atoms with Crippen molar-refractivity contribution in [3.63, 3.8) is 0 Å². The zero-order chi connectivity index (χ0) is 23.0. The molecule has 0 saturated heterocycles. The number of hydrogen-bond donors (Lipinski definition) is 2. The lowest BCUT2D eigenvalue weighted by molar-refractivity contribution is -0.137.